The molecule has 0 bridgehead atoms. The number of halogens is 1. The fraction of sp³-hybridized carbons (Fsp3) is 0.588. The maximum atomic E-state index is 4.28. The van der Waals surface area contributed by atoms with Gasteiger partial charge in [0.05, 0.1) is 0 Å². The van der Waals surface area contributed by atoms with E-state index in [9.17, 15) is 0 Å². The van der Waals surface area contributed by atoms with Crippen molar-refractivity contribution < 1.29 is 0 Å². The normalized spacial score (nSPS) is 18.3. The topological polar surface area (TPSA) is 39.7 Å². The van der Waals surface area contributed by atoms with Gasteiger partial charge in [-0.2, -0.15) is 0 Å². The van der Waals surface area contributed by atoms with Crippen LogP contribution in [0.15, 0.2) is 35.3 Å². The van der Waals surface area contributed by atoms with Crippen LogP contribution in [0, 0.1) is 11.8 Å². The number of nitrogens with one attached hydrogen (secondary N) is 2. The fourth-order valence-electron chi connectivity index (χ4n) is 2.64. The molecule has 1 aliphatic heterocycles. The highest BCUT2D eigenvalue weighted by atomic mass is 127. The van der Waals surface area contributed by atoms with E-state index < -0.39 is 0 Å². The number of aliphatic imine (C=N–C) groups is 1. The van der Waals surface area contributed by atoms with Gasteiger partial charge in [-0.25, -0.2) is 0 Å². The van der Waals surface area contributed by atoms with Gasteiger partial charge in [0.2, 0.25) is 0 Å². The van der Waals surface area contributed by atoms with Crippen LogP contribution in [0.5, 0.6) is 0 Å². The first-order chi connectivity index (χ1) is 10.2. The molecule has 0 aliphatic carbocycles. The quantitative estimate of drug-likeness (QED) is 0.441. The van der Waals surface area contributed by atoms with Crippen LogP contribution in [0.2, 0.25) is 0 Å². The van der Waals surface area contributed by atoms with Gasteiger partial charge >= 0.3 is 0 Å². The molecule has 1 fully saturated rings. The van der Waals surface area contributed by atoms with E-state index in [2.05, 4.69) is 64.7 Å². The Morgan fingerprint density at radius 2 is 2.00 bits per heavy atom. The zero-order chi connectivity index (χ0) is 15.1. The second-order valence-corrected chi connectivity index (χ2v) is 6.16. The van der Waals surface area contributed by atoms with Gasteiger partial charge in [0.1, 0.15) is 0 Å². The molecule has 5 heteroatoms. The standard InChI is InChI=1S/C17H28N4.HI/c1-14(2)11-19-17(18-3)20-12-15-9-10-21(13-15)16-7-5-4-6-8-16;/h4-8,14-15H,9-13H2,1-3H3,(H2,18,19,20);1H. The van der Waals surface area contributed by atoms with E-state index in [0.29, 0.717) is 11.8 Å². The molecule has 1 saturated heterocycles. The van der Waals surface area contributed by atoms with Gasteiger partial charge in [-0.05, 0) is 30.4 Å². The lowest BCUT2D eigenvalue weighted by molar-refractivity contribution is 0.557. The number of guanidine groups is 1. The monoisotopic (exact) mass is 416 g/mol. The second-order valence-electron chi connectivity index (χ2n) is 6.16. The summed E-state index contributed by atoms with van der Waals surface area (Å²) in [6.45, 7) is 8.62. The zero-order valence-electron chi connectivity index (χ0n) is 13.9. The number of para-hydroxylation sites is 1. The first-order valence-electron chi connectivity index (χ1n) is 7.93. The molecule has 1 atom stereocenters. The van der Waals surface area contributed by atoms with Gasteiger partial charge in [0, 0.05) is 38.9 Å². The lowest BCUT2D eigenvalue weighted by Crippen LogP contribution is -2.41. The van der Waals surface area contributed by atoms with Crippen LogP contribution in [-0.2, 0) is 0 Å². The molecule has 2 N–H and O–H groups in total. The lowest BCUT2D eigenvalue weighted by atomic mass is 10.1. The SMILES string of the molecule is CN=C(NCC(C)C)NCC1CCN(c2ccccc2)C1.I. The minimum atomic E-state index is 0. The predicted octanol–water partition coefficient (Wildman–Crippen LogP) is 2.95. The molecule has 1 heterocycles. The summed E-state index contributed by atoms with van der Waals surface area (Å²) in [6.07, 6.45) is 1.24. The third kappa shape index (κ3) is 6.02. The molecular weight excluding hydrogens is 387 g/mol. The van der Waals surface area contributed by atoms with Gasteiger partial charge in [0.15, 0.2) is 5.96 Å². The van der Waals surface area contributed by atoms with Crippen LogP contribution in [0.4, 0.5) is 5.69 Å². The van der Waals surface area contributed by atoms with Gasteiger partial charge in [-0.15, -0.1) is 24.0 Å². The van der Waals surface area contributed by atoms with Gasteiger partial charge in [0.25, 0.3) is 0 Å². The molecule has 1 aliphatic rings. The summed E-state index contributed by atoms with van der Waals surface area (Å²) in [5, 5.41) is 6.81. The first-order valence-corrected chi connectivity index (χ1v) is 7.93. The average molecular weight is 416 g/mol. The smallest absolute Gasteiger partial charge is 0.190 e. The van der Waals surface area contributed by atoms with Crippen molar-refractivity contribution in [2.45, 2.75) is 20.3 Å². The molecule has 1 unspecified atom stereocenters. The lowest BCUT2D eigenvalue weighted by Gasteiger charge is -2.19. The molecule has 124 valence electrons. The van der Waals surface area contributed by atoms with E-state index in [0.717, 1.165) is 32.1 Å². The number of rotatable bonds is 5. The Labute approximate surface area is 151 Å². The number of nitrogens with zero attached hydrogens (tertiary/aromatic N) is 2. The van der Waals surface area contributed by atoms with Crippen molar-refractivity contribution >= 4 is 35.6 Å². The third-order valence-corrected chi connectivity index (χ3v) is 3.87. The molecular formula is C17H29IN4. The Hall–Kier alpha value is -0.980. The zero-order valence-corrected chi connectivity index (χ0v) is 16.2. The third-order valence-electron chi connectivity index (χ3n) is 3.87. The fourth-order valence-corrected chi connectivity index (χ4v) is 2.64. The first kappa shape index (κ1) is 19.1. The molecule has 0 spiro atoms. The van der Waals surface area contributed by atoms with Gasteiger partial charge in [-0.3, -0.25) is 4.99 Å². The number of hydrogen-bond donors (Lipinski definition) is 2. The van der Waals surface area contributed by atoms with Crippen molar-refractivity contribution in [2.24, 2.45) is 16.8 Å². The second kappa shape index (κ2) is 9.92. The summed E-state index contributed by atoms with van der Waals surface area (Å²) in [5.41, 5.74) is 1.34. The van der Waals surface area contributed by atoms with E-state index in [4.69, 9.17) is 0 Å². The van der Waals surface area contributed by atoms with E-state index in [1.165, 1.54) is 12.1 Å². The number of hydrogen-bond acceptors (Lipinski definition) is 2. The molecule has 4 nitrogen and oxygen atoms in total. The van der Waals surface area contributed by atoms with E-state index in [-0.39, 0.29) is 24.0 Å². The summed E-state index contributed by atoms with van der Waals surface area (Å²) in [4.78, 5) is 6.75. The van der Waals surface area contributed by atoms with E-state index in [1.807, 2.05) is 7.05 Å². The summed E-state index contributed by atoms with van der Waals surface area (Å²) in [7, 11) is 1.83. The van der Waals surface area contributed by atoms with Crippen LogP contribution in [0.25, 0.3) is 0 Å². The Morgan fingerprint density at radius 1 is 1.27 bits per heavy atom. The Kier molecular flexibility index (Phi) is 8.60. The predicted molar refractivity (Wildman–Crippen MR) is 106 cm³/mol. The van der Waals surface area contributed by atoms with Gasteiger partial charge < -0.3 is 15.5 Å². The van der Waals surface area contributed by atoms with Crippen molar-refractivity contribution in [3.05, 3.63) is 30.3 Å². The van der Waals surface area contributed by atoms with Crippen molar-refractivity contribution in [1.29, 1.82) is 0 Å². The largest absolute Gasteiger partial charge is 0.371 e. The highest BCUT2D eigenvalue weighted by Crippen LogP contribution is 2.22. The molecule has 1 aromatic carbocycles. The van der Waals surface area contributed by atoms with Crippen molar-refractivity contribution in [3.8, 4) is 0 Å². The van der Waals surface area contributed by atoms with Crippen LogP contribution in [-0.4, -0.2) is 39.2 Å². The maximum absolute atomic E-state index is 4.28. The van der Waals surface area contributed by atoms with Crippen molar-refractivity contribution in [1.82, 2.24) is 10.6 Å². The van der Waals surface area contributed by atoms with Crippen LogP contribution >= 0.6 is 24.0 Å². The Balaban J connectivity index is 0.00000242. The highest BCUT2D eigenvalue weighted by Gasteiger charge is 2.22. The van der Waals surface area contributed by atoms with Crippen molar-refractivity contribution in [3.63, 3.8) is 0 Å². The molecule has 0 aromatic heterocycles. The molecule has 1 aromatic rings. The van der Waals surface area contributed by atoms with Crippen LogP contribution < -0.4 is 15.5 Å². The maximum Gasteiger partial charge on any atom is 0.190 e. The molecule has 0 amide bonds. The summed E-state index contributed by atoms with van der Waals surface area (Å²) in [6, 6.07) is 10.7. The summed E-state index contributed by atoms with van der Waals surface area (Å²) < 4.78 is 0. The molecule has 22 heavy (non-hydrogen) atoms. The Morgan fingerprint density at radius 3 is 2.64 bits per heavy atom. The molecule has 2 rings (SSSR count). The number of anilines is 1. The van der Waals surface area contributed by atoms with Gasteiger partial charge in [-0.1, -0.05) is 32.0 Å². The number of benzene rings is 1. The summed E-state index contributed by atoms with van der Waals surface area (Å²) >= 11 is 0. The van der Waals surface area contributed by atoms with Crippen LogP contribution in [0.3, 0.4) is 0 Å². The summed E-state index contributed by atoms with van der Waals surface area (Å²) in [5.74, 6) is 2.23. The minimum absolute atomic E-state index is 0. The van der Waals surface area contributed by atoms with E-state index in [1.54, 1.807) is 0 Å². The van der Waals surface area contributed by atoms with Crippen molar-refractivity contribution in [2.75, 3.05) is 38.1 Å². The van der Waals surface area contributed by atoms with Crippen LogP contribution in [0.1, 0.15) is 20.3 Å². The highest BCUT2D eigenvalue weighted by molar-refractivity contribution is 14.0. The minimum Gasteiger partial charge on any atom is -0.371 e. The average Bonchev–Trinajstić information content (AvgIpc) is 2.97. The van der Waals surface area contributed by atoms with E-state index >= 15 is 0 Å². The molecule has 0 saturated carbocycles. The molecule has 0 radical (unpaired) electrons. The Bertz CT molecular complexity index is 447.